The molecule has 4 aromatic rings. The molecular formula is C18H13N7O4S2. The molecule has 4 N–H and O–H groups in total. The number of hydrogen-bond acceptors (Lipinski definition) is 11. The van der Waals surface area contributed by atoms with Gasteiger partial charge in [-0.3, -0.25) is 25.4 Å². The van der Waals surface area contributed by atoms with Crippen LogP contribution in [-0.2, 0) is 10.0 Å². The van der Waals surface area contributed by atoms with E-state index in [0.717, 1.165) is 11.5 Å². The first-order chi connectivity index (χ1) is 14.8. The van der Waals surface area contributed by atoms with Gasteiger partial charge >= 0.3 is 0 Å². The van der Waals surface area contributed by atoms with Crippen LogP contribution in [-0.4, -0.2) is 17.8 Å². The Morgan fingerprint density at radius 2 is 1.74 bits per heavy atom. The van der Waals surface area contributed by atoms with Crippen LogP contribution in [0.4, 0.5) is 10.7 Å². The van der Waals surface area contributed by atoms with Gasteiger partial charge in [-0.05, 0) is 54.0 Å². The van der Waals surface area contributed by atoms with Crippen molar-refractivity contribution in [2.45, 2.75) is 4.90 Å². The number of rotatable bonds is 5. The van der Waals surface area contributed by atoms with Crippen LogP contribution in [0.2, 0.25) is 0 Å². The molecule has 0 bridgehead atoms. The number of benzene rings is 2. The van der Waals surface area contributed by atoms with E-state index in [1.165, 1.54) is 42.7 Å². The number of pyridine rings is 1. The SMILES string of the molecule is NS(=O)(=O)c1ccc2nsc(NN=c3ccc(=O)c(=NNc4ccncc4)c3=O)c2c1. The molecule has 4 rings (SSSR count). The van der Waals surface area contributed by atoms with Gasteiger partial charge in [-0.15, -0.1) is 0 Å². The molecule has 2 aromatic carbocycles. The van der Waals surface area contributed by atoms with Gasteiger partial charge in [0.15, 0.2) is 5.36 Å². The van der Waals surface area contributed by atoms with E-state index in [2.05, 4.69) is 30.4 Å². The summed E-state index contributed by atoms with van der Waals surface area (Å²) in [4.78, 5) is 28.5. The summed E-state index contributed by atoms with van der Waals surface area (Å²) in [6.45, 7) is 0. The maximum Gasteiger partial charge on any atom is 0.238 e. The van der Waals surface area contributed by atoms with Crippen LogP contribution in [0.1, 0.15) is 0 Å². The third-order valence-electron chi connectivity index (χ3n) is 4.11. The van der Waals surface area contributed by atoms with Crippen molar-refractivity contribution in [1.82, 2.24) is 9.36 Å². The number of nitrogens with two attached hydrogens (primary N) is 1. The molecule has 0 saturated carbocycles. The molecule has 156 valence electrons. The van der Waals surface area contributed by atoms with Gasteiger partial charge in [0.05, 0.1) is 16.1 Å². The number of nitrogens with zero attached hydrogens (tertiary/aromatic N) is 4. The van der Waals surface area contributed by atoms with Crippen molar-refractivity contribution in [2.24, 2.45) is 15.3 Å². The normalized spacial score (nSPS) is 12.9. The molecule has 2 aromatic heterocycles. The fraction of sp³-hybridized carbons (Fsp3) is 0. The smallest absolute Gasteiger partial charge is 0.238 e. The van der Waals surface area contributed by atoms with E-state index < -0.39 is 20.9 Å². The average molecular weight is 455 g/mol. The predicted molar refractivity (Wildman–Crippen MR) is 115 cm³/mol. The quantitative estimate of drug-likeness (QED) is 0.347. The second-order valence-electron chi connectivity index (χ2n) is 6.18. The molecule has 0 saturated heterocycles. The molecule has 0 fully saturated rings. The Hall–Kier alpha value is -3.81. The van der Waals surface area contributed by atoms with Crippen LogP contribution < -0.4 is 37.6 Å². The number of fused-ring (bicyclic) bond motifs is 1. The summed E-state index contributed by atoms with van der Waals surface area (Å²) in [7, 11) is -3.89. The third-order valence-corrected chi connectivity index (χ3v) is 5.80. The lowest BCUT2D eigenvalue weighted by Gasteiger charge is -2.00. The summed E-state index contributed by atoms with van der Waals surface area (Å²) in [5.74, 6) is 0. The van der Waals surface area contributed by atoms with Crippen molar-refractivity contribution in [3.63, 3.8) is 0 Å². The zero-order valence-corrected chi connectivity index (χ0v) is 17.1. The Labute approximate surface area is 178 Å². The highest BCUT2D eigenvalue weighted by atomic mass is 32.2. The Bertz CT molecular complexity index is 1610. The van der Waals surface area contributed by atoms with Gasteiger partial charge in [-0.25, -0.2) is 13.6 Å². The molecule has 0 aliphatic heterocycles. The van der Waals surface area contributed by atoms with Gasteiger partial charge in [0.1, 0.15) is 10.4 Å². The first-order valence-electron chi connectivity index (χ1n) is 8.60. The zero-order valence-electron chi connectivity index (χ0n) is 15.5. The Kier molecular flexibility index (Phi) is 5.37. The second-order valence-corrected chi connectivity index (χ2v) is 8.51. The van der Waals surface area contributed by atoms with Gasteiger partial charge in [-0.2, -0.15) is 14.6 Å². The minimum absolute atomic E-state index is 0.0565. The monoisotopic (exact) mass is 455 g/mol. The van der Waals surface area contributed by atoms with E-state index in [-0.39, 0.29) is 15.6 Å². The van der Waals surface area contributed by atoms with Gasteiger partial charge < -0.3 is 0 Å². The number of sulfonamides is 1. The molecule has 0 aliphatic carbocycles. The zero-order chi connectivity index (χ0) is 22.0. The van der Waals surface area contributed by atoms with Gasteiger partial charge in [0, 0.05) is 17.8 Å². The lowest BCUT2D eigenvalue weighted by Crippen LogP contribution is -2.47. The number of aromatic nitrogens is 2. The summed E-state index contributed by atoms with van der Waals surface area (Å²) in [5, 5.41) is 13.6. The van der Waals surface area contributed by atoms with E-state index in [1.807, 2.05) is 0 Å². The molecule has 11 nitrogen and oxygen atoms in total. The highest BCUT2D eigenvalue weighted by molar-refractivity contribution is 7.89. The van der Waals surface area contributed by atoms with Gasteiger partial charge in [0.25, 0.3) is 0 Å². The van der Waals surface area contributed by atoms with Crippen molar-refractivity contribution >= 4 is 43.1 Å². The number of anilines is 2. The van der Waals surface area contributed by atoms with Crippen LogP contribution in [0.3, 0.4) is 0 Å². The van der Waals surface area contributed by atoms with Crippen LogP contribution in [0.25, 0.3) is 10.9 Å². The van der Waals surface area contributed by atoms with Crippen LogP contribution >= 0.6 is 11.5 Å². The van der Waals surface area contributed by atoms with Crippen molar-refractivity contribution in [1.29, 1.82) is 0 Å². The first kappa shape index (κ1) is 20.5. The number of nitrogens with one attached hydrogen (secondary N) is 2. The van der Waals surface area contributed by atoms with Crippen molar-refractivity contribution in [3.05, 3.63) is 86.0 Å². The van der Waals surface area contributed by atoms with E-state index in [0.29, 0.717) is 21.6 Å². The van der Waals surface area contributed by atoms with Crippen molar-refractivity contribution in [2.75, 3.05) is 10.9 Å². The maximum atomic E-state index is 12.6. The summed E-state index contributed by atoms with van der Waals surface area (Å²) in [6.07, 6.45) is 3.06. The number of hydrogen-bond donors (Lipinski definition) is 3. The highest BCUT2D eigenvalue weighted by Gasteiger charge is 2.12. The fourth-order valence-corrected chi connectivity index (χ4v) is 3.81. The van der Waals surface area contributed by atoms with Crippen LogP contribution in [0, 0.1) is 0 Å². The molecule has 0 radical (unpaired) electrons. The maximum absolute atomic E-state index is 12.6. The Balaban J connectivity index is 1.72. The topological polar surface area (TPSA) is 169 Å². The summed E-state index contributed by atoms with van der Waals surface area (Å²) in [5.41, 5.74) is 5.17. The second kappa shape index (κ2) is 8.14. The molecule has 13 heteroatoms. The minimum Gasteiger partial charge on any atom is -0.287 e. The summed E-state index contributed by atoms with van der Waals surface area (Å²) < 4.78 is 27.4. The average Bonchev–Trinajstić information content (AvgIpc) is 3.15. The molecule has 2 heterocycles. The summed E-state index contributed by atoms with van der Waals surface area (Å²) >= 11 is 1.03. The van der Waals surface area contributed by atoms with Crippen molar-refractivity contribution in [3.8, 4) is 0 Å². The highest BCUT2D eigenvalue weighted by Crippen LogP contribution is 2.29. The van der Waals surface area contributed by atoms with E-state index in [1.54, 1.807) is 12.1 Å². The first-order valence-corrected chi connectivity index (χ1v) is 10.9. The molecular weight excluding hydrogens is 442 g/mol. The Morgan fingerprint density at radius 3 is 2.48 bits per heavy atom. The molecule has 0 spiro atoms. The van der Waals surface area contributed by atoms with E-state index >= 15 is 0 Å². The minimum atomic E-state index is -3.89. The molecule has 31 heavy (non-hydrogen) atoms. The van der Waals surface area contributed by atoms with Gasteiger partial charge in [0.2, 0.25) is 20.9 Å². The lowest BCUT2D eigenvalue weighted by atomic mass is 10.2. The standard InChI is InChI=1S/C18H13N7O4S2/c19-31(28,29)11-1-2-13-12(9-11)18(30-25-13)24-22-14-3-4-15(26)16(17(14)27)23-21-10-5-7-20-8-6-10/h1-9,24H,(H,20,21)(H2,19,28,29). The third kappa shape index (κ3) is 4.37. The van der Waals surface area contributed by atoms with Gasteiger partial charge in [-0.1, -0.05) is 0 Å². The molecule has 0 aliphatic rings. The van der Waals surface area contributed by atoms with Crippen molar-refractivity contribution < 1.29 is 8.42 Å². The van der Waals surface area contributed by atoms with E-state index in [9.17, 15) is 18.0 Å². The molecule has 0 unspecified atom stereocenters. The van der Waals surface area contributed by atoms with Crippen LogP contribution in [0.15, 0.2) is 79.5 Å². The van der Waals surface area contributed by atoms with E-state index in [4.69, 9.17) is 5.14 Å². The largest absolute Gasteiger partial charge is 0.287 e. The molecule has 0 amide bonds. The molecule has 0 atom stereocenters. The predicted octanol–water partition coefficient (Wildman–Crippen LogP) is -0.210. The lowest BCUT2D eigenvalue weighted by molar-refractivity contribution is 0.598. The van der Waals surface area contributed by atoms with Crippen LogP contribution in [0.5, 0.6) is 0 Å². The fourth-order valence-electron chi connectivity index (χ4n) is 2.57. The Morgan fingerprint density at radius 1 is 0.968 bits per heavy atom. The summed E-state index contributed by atoms with van der Waals surface area (Å²) in [6, 6.07) is 9.93. The number of primary sulfonamides is 1.